The maximum absolute atomic E-state index is 5.56. The Morgan fingerprint density at radius 3 is 1.33 bits per heavy atom. The first-order valence-corrected chi connectivity index (χ1v) is 9.92. The van der Waals surface area contributed by atoms with Crippen LogP contribution in [0.25, 0.3) is 0 Å². The van der Waals surface area contributed by atoms with E-state index in [1.54, 1.807) is 0 Å². The lowest BCUT2D eigenvalue weighted by Crippen LogP contribution is -2.07. The molecule has 1 unspecified atom stereocenters. The Hall–Kier alpha value is -0.0400. The van der Waals surface area contributed by atoms with Gasteiger partial charge < -0.3 is 4.74 Å². The number of ether oxygens (including phenoxy) is 1. The first-order valence-electron chi connectivity index (χ1n) is 9.92. The van der Waals surface area contributed by atoms with Crippen molar-refractivity contribution in [3.8, 4) is 0 Å². The molecule has 0 saturated carbocycles. The molecule has 0 amide bonds. The summed E-state index contributed by atoms with van der Waals surface area (Å²) in [6.07, 6.45) is 21.8. The van der Waals surface area contributed by atoms with Crippen molar-refractivity contribution >= 4 is 0 Å². The zero-order valence-corrected chi connectivity index (χ0v) is 15.3. The van der Waals surface area contributed by atoms with Crippen molar-refractivity contribution in [1.82, 2.24) is 0 Å². The van der Waals surface area contributed by atoms with Crippen LogP contribution in [-0.2, 0) is 4.74 Å². The minimum atomic E-state index is 0.465. The van der Waals surface area contributed by atoms with Crippen LogP contribution in [0.3, 0.4) is 0 Å². The molecule has 0 aromatic rings. The minimum absolute atomic E-state index is 0.465. The van der Waals surface area contributed by atoms with Gasteiger partial charge in [0.05, 0.1) is 6.10 Å². The van der Waals surface area contributed by atoms with Crippen LogP contribution in [0.2, 0.25) is 0 Å². The third kappa shape index (κ3) is 17.9. The maximum atomic E-state index is 5.56. The molecular weight excluding hydrogens is 256 g/mol. The van der Waals surface area contributed by atoms with Gasteiger partial charge in [-0.15, -0.1) is 0 Å². The maximum Gasteiger partial charge on any atom is 0.0546 e. The lowest BCUT2D eigenvalue weighted by Gasteiger charge is -2.10. The standard InChI is InChI=1S/C20H42O/c1-4-6-7-8-9-10-11-12-13-14-15-16-17-18-19-20(3)21-5-2/h20H,4-19H2,1-3H3. The van der Waals surface area contributed by atoms with Crippen molar-refractivity contribution in [2.45, 2.75) is 123 Å². The molecule has 0 aliphatic heterocycles. The van der Waals surface area contributed by atoms with Crippen LogP contribution in [0, 0.1) is 0 Å². The first-order chi connectivity index (χ1) is 10.3. The van der Waals surface area contributed by atoms with Crippen LogP contribution in [0.1, 0.15) is 117 Å². The average Bonchev–Trinajstić information content (AvgIpc) is 2.48. The summed E-state index contributed by atoms with van der Waals surface area (Å²) in [4.78, 5) is 0. The summed E-state index contributed by atoms with van der Waals surface area (Å²) in [5.41, 5.74) is 0. The third-order valence-electron chi connectivity index (χ3n) is 4.42. The molecule has 21 heavy (non-hydrogen) atoms. The van der Waals surface area contributed by atoms with Crippen LogP contribution in [0.5, 0.6) is 0 Å². The average molecular weight is 299 g/mol. The van der Waals surface area contributed by atoms with Crippen molar-refractivity contribution in [2.24, 2.45) is 0 Å². The van der Waals surface area contributed by atoms with E-state index >= 15 is 0 Å². The van der Waals surface area contributed by atoms with Crippen molar-refractivity contribution < 1.29 is 4.74 Å². The Balaban J connectivity index is 2.99. The summed E-state index contributed by atoms with van der Waals surface area (Å²) in [6, 6.07) is 0. The van der Waals surface area contributed by atoms with Gasteiger partial charge in [0, 0.05) is 6.61 Å². The number of hydrogen-bond acceptors (Lipinski definition) is 1. The van der Waals surface area contributed by atoms with E-state index in [9.17, 15) is 0 Å². The molecular formula is C20H42O. The largest absolute Gasteiger partial charge is 0.379 e. The van der Waals surface area contributed by atoms with Crippen molar-refractivity contribution in [3.05, 3.63) is 0 Å². The smallest absolute Gasteiger partial charge is 0.0546 e. The molecule has 0 spiro atoms. The second-order valence-electron chi connectivity index (χ2n) is 6.65. The van der Waals surface area contributed by atoms with Crippen LogP contribution in [-0.4, -0.2) is 12.7 Å². The van der Waals surface area contributed by atoms with Gasteiger partial charge in [-0.05, 0) is 20.3 Å². The van der Waals surface area contributed by atoms with Gasteiger partial charge in [0.2, 0.25) is 0 Å². The van der Waals surface area contributed by atoms with Gasteiger partial charge in [0.15, 0.2) is 0 Å². The molecule has 1 nitrogen and oxygen atoms in total. The zero-order valence-electron chi connectivity index (χ0n) is 15.3. The van der Waals surface area contributed by atoms with E-state index in [2.05, 4.69) is 20.8 Å². The highest BCUT2D eigenvalue weighted by atomic mass is 16.5. The Labute approximate surface area is 135 Å². The van der Waals surface area contributed by atoms with Gasteiger partial charge in [-0.25, -0.2) is 0 Å². The first kappa shape index (κ1) is 21.0. The molecule has 0 rings (SSSR count). The molecule has 0 radical (unpaired) electrons. The fraction of sp³-hybridized carbons (Fsp3) is 1.00. The van der Waals surface area contributed by atoms with Crippen LogP contribution in [0.15, 0.2) is 0 Å². The summed E-state index contributed by atoms with van der Waals surface area (Å²) in [6.45, 7) is 7.44. The Kier molecular flexibility index (Phi) is 18.0. The van der Waals surface area contributed by atoms with Crippen LogP contribution >= 0.6 is 0 Å². The number of hydrogen-bond donors (Lipinski definition) is 0. The highest BCUT2D eigenvalue weighted by Crippen LogP contribution is 2.14. The fourth-order valence-corrected chi connectivity index (χ4v) is 2.99. The third-order valence-corrected chi connectivity index (χ3v) is 4.42. The number of rotatable bonds is 17. The molecule has 0 aromatic heterocycles. The Morgan fingerprint density at radius 2 is 0.952 bits per heavy atom. The molecule has 0 aromatic carbocycles. The highest BCUT2D eigenvalue weighted by Gasteiger charge is 2.00. The van der Waals surface area contributed by atoms with E-state index < -0.39 is 0 Å². The Morgan fingerprint density at radius 1 is 0.571 bits per heavy atom. The Bertz CT molecular complexity index is 179. The molecule has 1 atom stereocenters. The van der Waals surface area contributed by atoms with Gasteiger partial charge in [0.1, 0.15) is 0 Å². The van der Waals surface area contributed by atoms with E-state index in [1.807, 2.05) is 0 Å². The predicted molar refractivity (Wildman–Crippen MR) is 96.0 cm³/mol. The second kappa shape index (κ2) is 18.0. The molecule has 1 heteroatoms. The molecule has 0 heterocycles. The fourth-order valence-electron chi connectivity index (χ4n) is 2.99. The molecule has 0 aliphatic rings. The quantitative estimate of drug-likeness (QED) is 0.256. The summed E-state index contributed by atoms with van der Waals surface area (Å²) < 4.78 is 5.56. The van der Waals surface area contributed by atoms with Crippen molar-refractivity contribution in [3.63, 3.8) is 0 Å². The molecule has 0 saturated heterocycles. The van der Waals surface area contributed by atoms with Gasteiger partial charge in [-0.1, -0.05) is 96.8 Å². The zero-order chi connectivity index (χ0) is 15.6. The topological polar surface area (TPSA) is 9.23 Å². The summed E-state index contributed by atoms with van der Waals surface area (Å²) in [5.74, 6) is 0. The molecule has 128 valence electrons. The monoisotopic (exact) mass is 298 g/mol. The predicted octanol–water partition coefficient (Wildman–Crippen LogP) is 7.28. The SMILES string of the molecule is CCCCCCCCCCCCCCCCC(C)OCC. The molecule has 0 fully saturated rings. The minimum Gasteiger partial charge on any atom is -0.379 e. The van der Waals surface area contributed by atoms with E-state index in [4.69, 9.17) is 4.74 Å². The normalized spacial score (nSPS) is 12.7. The van der Waals surface area contributed by atoms with Crippen molar-refractivity contribution in [1.29, 1.82) is 0 Å². The number of unbranched alkanes of at least 4 members (excludes halogenated alkanes) is 13. The van der Waals surface area contributed by atoms with Crippen molar-refractivity contribution in [2.75, 3.05) is 6.61 Å². The van der Waals surface area contributed by atoms with Crippen LogP contribution in [0.4, 0.5) is 0 Å². The molecule has 0 aliphatic carbocycles. The summed E-state index contributed by atoms with van der Waals surface area (Å²) in [7, 11) is 0. The van der Waals surface area contributed by atoms with Gasteiger partial charge >= 0.3 is 0 Å². The van der Waals surface area contributed by atoms with E-state index in [0.717, 1.165) is 6.61 Å². The van der Waals surface area contributed by atoms with Gasteiger partial charge in [0.25, 0.3) is 0 Å². The second-order valence-corrected chi connectivity index (χ2v) is 6.65. The van der Waals surface area contributed by atoms with Gasteiger partial charge in [-0.3, -0.25) is 0 Å². The van der Waals surface area contributed by atoms with Crippen LogP contribution < -0.4 is 0 Å². The molecule has 0 bridgehead atoms. The summed E-state index contributed by atoms with van der Waals surface area (Å²) >= 11 is 0. The lowest BCUT2D eigenvalue weighted by atomic mass is 10.0. The van der Waals surface area contributed by atoms with Gasteiger partial charge in [-0.2, -0.15) is 0 Å². The van der Waals surface area contributed by atoms with E-state index in [1.165, 1.54) is 96.3 Å². The molecule has 0 N–H and O–H groups in total. The highest BCUT2D eigenvalue weighted by molar-refractivity contribution is 4.52. The van der Waals surface area contributed by atoms with E-state index in [-0.39, 0.29) is 0 Å². The summed E-state index contributed by atoms with van der Waals surface area (Å²) in [5, 5.41) is 0. The van der Waals surface area contributed by atoms with E-state index in [0.29, 0.717) is 6.10 Å². The lowest BCUT2D eigenvalue weighted by molar-refractivity contribution is 0.0683.